The number of amides is 1. The summed E-state index contributed by atoms with van der Waals surface area (Å²) in [5, 5.41) is 2.58. The summed E-state index contributed by atoms with van der Waals surface area (Å²) in [7, 11) is 0. The zero-order valence-electron chi connectivity index (χ0n) is 13.6. The first kappa shape index (κ1) is 16.4. The fourth-order valence-corrected chi connectivity index (χ4v) is 2.16. The zero-order valence-corrected chi connectivity index (χ0v) is 13.6. The standard InChI is InChI=1S/C17H19N3O4/c1-17(2)11-23-15(24-17)14-18-8-13(9-19-14)20-16(21)22-10-12-6-4-3-5-7-12/h3-9,15H,10-11H2,1-2H3,(H,20,21). The van der Waals surface area contributed by atoms with Gasteiger partial charge in [-0.3, -0.25) is 5.32 Å². The Kier molecular flexibility index (Phi) is 4.73. The summed E-state index contributed by atoms with van der Waals surface area (Å²) in [6.45, 7) is 4.55. The molecule has 7 heteroatoms. The van der Waals surface area contributed by atoms with Crippen molar-refractivity contribution in [2.24, 2.45) is 0 Å². The van der Waals surface area contributed by atoms with E-state index in [9.17, 15) is 4.79 Å². The summed E-state index contributed by atoms with van der Waals surface area (Å²) in [5.41, 5.74) is 0.998. The van der Waals surface area contributed by atoms with Gasteiger partial charge < -0.3 is 14.2 Å². The maximum atomic E-state index is 11.8. The van der Waals surface area contributed by atoms with E-state index in [0.717, 1.165) is 5.56 Å². The molecule has 0 spiro atoms. The summed E-state index contributed by atoms with van der Waals surface area (Å²) in [6.07, 6.45) is 1.83. The number of ether oxygens (including phenoxy) is 3. The van der Waals surface area contributed by atoms with E-state index in [-0.39, 0.29) is 12.2 Å². The van der Waals surface area contributed by atoms with Crippen LogP contribution in [-0.2, 0) is 20.8 Å². The Morgan fingerprint density at radius 3 is 2.62 bits per heavy atom. The van der Waals surface area contributed by atoms with Crippen LogP contribution in [0.1, 0.15) is 31.5 Å². The first-order chi connectivity index (χ1) is 11.5. The number of carbonyl (C=O) groups is 1. The number of anilines is 1. The molecule has 1 aromatic heterocycles. The third kappa shape index (κ3) is 4.27. The summed E-state index contributed by atoms with van der Waals surface area (Å²) in [6, 6.07) is 9.44. The first-order valence-electron chi connectivity index (χ1n) is 7.61. The predicted molar refractivity (Wildman–Crippen MR) is 86.1 cm³/mol. The van der Waals surface area contributed by atoms with Crippen molar-refractivity contribution in [3.8, 4) is 0 Å². The quantitative estimate of drug-likeness (QED) is 0.928. The van der Waals surface area contributed by atoms with Crippen LogP contribution >= 0.6 is 0 Å². The highest BCUT2D eigenvalue weighted by molar-refractivity contribution is 5.83. The Labute approximate surface area is 140 Å². The van der Waals surface area contributed by atoms with E-state index in [2.05, 4.69) is 15.3 Å². The molecule has 2 aromatic rings. The molecule has 1 aliphatic rings. The lowest BCUT2D eigenvalue weighted by atomic mass is 10.2. The van der Waals surface area contributed by atoms with Gasteiger partial charge in [0.15, 0.2) is 5.82 Å². The number of rotatable bonds is 4. The van der Waals surface area contributed by atoms with Crippen LogP contribution in [0, 0.1) is 0 Å². The van der Waals surface area contributed by atoms with Gasteiger partial charge in [-0.2, -0.15) is 0 Å². The van der Waals surface area contributed by atoms with Crippen LogP contribution in [0.5, 0.6) is 0 Å². The third-order valence-corrected chi connectivity index (χ3v) is 3.35. The number of benzene rings is 1. The second kappa shape index (κ2) is 6.94. The Balaban J connectivity index is 1.51. The van der Waals surface area contributed by atoms with E-state index >= 15 is 0 Å². The largest absolute Gasteiger partial charge is 0.444 e. The maximum Gasteiger partial charge on any atom is 0.412 e. The number of hydrogen-bond acceptors (Lipinski definition) is 6. The minimum atomic E-state index is -0.584. The van der Waals surface area contributed by atoms with Crippen molar-refractivity contribution in [2.45, 2.75) is 32.3 Å². The molecule has 1 amide bonds. The van der Waals surface area contributed by atoms with Crippen LogP contribution in [0.15, 0.2) is 42.7 Å². The van der Waals surface area contributed by atoms with Crippen LogP contribution in [-0.4, -0.2) is 28.3 Å². The molecule has 24 heavy (non-hydrogen) atoms. The second-order valence-electron chi connectivity index (χ2n) is 6.04. The number of nitrogens with zero attached hydrogens (tertiary/aromatic N) is 2. The van der Waals surface area contributed by atoms with Crippen molar-refractivity contribution in [1.82, 2.24) is 9.97 Å². The summed E-state index contributed by atoms with van der Waals surface area (Å²) < 4.78 is 16.3. The van der Waals surface area contributed by atoms with Crippen LogP contribution in [0.3, 0.4) is 0 Å². The van der Waals surface area contributed by atoms with E-state index in [4.69, 9.17) is 14.2 Å². The monoisotopic (exact) mass is 329 g/mol. The third-order valence-electron chi connectivity index (χ3n) is 3.35. The van der Waals surface area contributed by atoms with E-state index < -0.39 is 12.4 Å². The van der Waals surface area contributed by atoms with E-state index in [0.29, 0.717) is 18.1 Å². The summed E-state index contributed by atoms with van der Waals surface area (Å²) in [4.78, 5) is 20.1. The lowest BCUT2D eigenvalue weighted by molar-refractivity contribution is -0.0866. The topological polar surface area (TPSA) is 82.6 Å². The Hall–Kier alpha value is -2.51. The minimum absolute atomic E-state index is 0.199. The van der Waals surface area contributed by atoms with Gasteiger partial charge in [0.05, 0.1) is 30.3 Å². The van der Waals surface area contributed by atoms with Crippen molar-refractivity contribution in [3.05, 3.63) is 54.1 Å². The molecular weight excluding hydrogens is 310 g/mol. The van der Waals surface area contributed by atoms with Crippen LogP contribution in [0.25, 0.3) is 0 Å². The average Bonchev–Trinajstić information content (AvgIpc) is 2.95. The molecule has 1 saturated heterocycles. The van der Waals surface area contributed by atoms with Gasteiger partial charge in [0.2, 0.25) is 6.29 Å². The van der Waals surface area contributed by atoms with Crippen LogP contribution < -0.4 is 5.32 Å². The molecule has 1 fully saturated rings. The number of aromatic nitrogens is 2. The van der Waals surface area contributed by atoms with Crippen molar-refractivity contribution >= 4 is 11.8 Å². The van der Waals surface area contributed by atoms with E-state index in [1.165, 1.54) is 12.4 Å². The van der Waals surface area contributed by atoms with Gasteiger partial charge in [-0.25, -0.2) is 14.8 Å². The fraction of sp³-hybridized carbons (Fsp3) is 0.353. The normalized spacial score (nSPS) is 19.0. The minimum Gasteiger partial charge on any atom is -0.444 e. The molecule has 1 aliphatic heterocycles. The van der Waals surface area contributed by atoms with Gasteiger partial charge >= 0.3 is 6.09 Å². The van der Waals surface area contributed by atoms with E-state index in [1.54, 1.807) is 0 Å². The molecule has 1 atom stereocenters. The highest BCUT2D eigenvalue weighted by Crippen LogP contribution is 2.31. The molecular formula is C17H19N3O4. The SMILES string of the molecule is CC1(C)COC(c2ncc(NC(=O)OCc3ccccc3)cn2)O1. The smallest absolute Gasteiger partial charge is 0.412 e. The summed E-state index contributed by atoms with van der Waals surface area (Å²) in [5.74, 6) is 0.420. The molecule has 0 aliphatic carbocycles. The molecule has 1 aromatic carbocycles. The zero-order chi connectivity index (χ0) is 17.0. The molecule has 0 radical (unpaired) electrons. The molecule has 2 heterocycles. The number of hydrogen-bond donors (Lipinski definition) is 1. The van der Waals surface area contributed by atoms with Crippen molar-refractivity contribution in [2.75, 3.05) is 11.9 Å². The molecule has 3 rings (SSSR count). The average molecular weight is 329 g/mol. The highest BCUT2D eigenvalue weighted by Gasteiger charge is 2.35. The molecule has 0 bridgehead atoms. The van der Waals surface area contributed by atoms with Gasteiger partial charge in [0.1, 0.15) is 6.61 Å². The van der Waals surface area contributed by atoms with Gasteiger partial charge in [0.25, 0.3) is 0 Å². The van der Waals surface area contributed by atoms with Gasteiger partial charge in [-0.05, 0) is 19.4 Å². The lowest BCUT2D eigenvalue weighted by Crippen LogP contribution is -2.21. The van der Waals surface area contributed by atoms with E-state index in [1.807, 2.05) is 44.2 Å². The van der Waals surface area contributed by atoms with Gasteiger partial charge in [-0.1, -0.05) is 30.3 Å². The van der Waals surface area contributed by atoms with Crippen LogP contribution in [0.4, 0.5) is 10.5 Å². The maximum absolute atomic E-state index is 11.8. The van der Waals surface area contributed by atoms with Crippen molar-refractivity contribution in [1.29, 1.82) is 0 Å². The Bertz CT molecular complexity index is 689. The number of carbonyl (C=O) groups excluding carboxylic acids is 1. The molecule has 7 nitrogen and oxygen atoms in total. The fourth-order valence-electron chi connectivity index (χ4n) is 2.16. The lowest BCUT2D eigenvalue weighted by Gasteiger charge is -2.15. The predicted octanol–water partition coefficient (Wildman–Crippen LogP) is 3.05. The van der Waals surface area contributed by atoms with Gasteiger partial charge in [0, 0.05) is 0 Å². The highest BCUT2D eigenvalue weighted by atomic mass is 16.7. The molecule has 126 valence electrons. The Morgan fingerprint density at radius 2 is 2.00 bits per heavy atom. The molecule has 1 N–H and O–H groups in total. The van der Waals surface area contributed by atoms with Crippen molar-refractivity contribution in [3.63, 3.8) is 0 Å². The van der Waals surface area contributed by atoms with Crippen molar-refractivity contribution < 1.29 is 19.0 Å². The second-order valence-corrected chi connectivity index (χ2v) is 6.04. The van der Waals surface area contributed by atoms with Crippen LogP contribution in [0.2, 0.25) is 0 Å². The number of nitrogens with one attached hydrogen (secondary N) is 1. The molecule has 0 saturated carbocycles. The molecule has 1 unspecified atom stereocenters. The first-order valence-corrected chi connectivity index (χ1v) is 7.61. The summed E-state index contributed by atoms with van der Waals surface area (Å²) >= 11 is 0. The Morgan fingerprint density at radius 1 is 1.29 bits per heavy atom. The van der Waals surface area contributed by atoms with Gasteiger partial charge in [-0.15, -0.1) is 0 Å².